The predicted molar refractivity (Wildman–Crippen MR) is 119 cm³/mol. The lowest BCUT2D eigenvalue weighted by atomic mass is 9.94. The van der Waals surface area contributed by atoms with Crippen LogP contribution in [0.4, 0.5) is 0 Å². The number of nitrogens with one attached hydrogen (secondary N) is 1. The van der Waals surface area contributed by atoms with Crippen LogP contribution in [-0.4, -0.2) is 65.4 Å². The van der Waals surface area contributed by atoms with Crippen molar-refractivity contribution in [1.82, 2.24) is 5.32 Å². The third-order valence-electron chi connectivity index (χ3n) is 4.61. The Balaban J connectivity index is 2.00. The molecule has 31 heavy (non-hydrogen) atoms. The molecule has 0 heterocycles. The molecule has 8 nitrogen and oxygen atoms in total. The Morgan fingerprint density at radius 3 is 2.45 bits per heavy atom. The van der Waals surface area contributed by atoms with Crippen LogP contribution in [0.5, 0.6) is 0 Å². The Hall–Kier alpha value is -2.88. The SMILES string of the molecule is COC(=O)[C@H](CO)NC(=O)[C@@H](N)CSCCc1c(C(=O)O)cccc1-c1ccccc1. The van der Waals surface area contributed by atoms with Crippen LogP contribution < -0.4 is 11.1 Å². The fraction of sp³-hybridized carbons (Fsp3) is 0.318. The van der Waals surface area contributed by atoms with Gasteiger partial charge in [0, 0.05) is 5.75 Å². The number of benzene rings is 2. The summed E-state index contributed by atoms with van der Waals surface area (Å²) in [5.74, 6) is -1.51. The van der Waals surface area contributed by atoms with Gasteiger partial charge in [-0.25, -0.2) is 9.59 Å². The molecule has 166 valence electrons. The lowest BCUT2D eigenvalue weighted by Gasteiger charge is -2.17. The van der Waals surface area contributed by atoms with Gasteiger partial charge in [-0.3, -0.25) is 4.79 Å². The fourth-order valence-corrected chi connectivity index (χ4v) is 3.93. The molecule has 0 bridgehead atoms. The number of amides is 1. The summed E-state index contributed by atoms with van der Waals surface area (Å²) in [5.41, 5.74) is 8.63. The van der Waals surface area contributed by atoms with Crippen LogP contribution in [0, 0.1) is 0 Å². The van der Waals surface area contributed by atoms with Crippen LogP contribution in [0.2, 0.25) is 0 Å². The highest BCUT2D eigenvalue weighted by atomic mass is 32.2. The zero-order valence-electron chi connectivity index (χ0n) is 17.1. The van der Waals surface area contributed by atoms with Crippen molar-refractivity contribution in [1.29, 1.82) is 0 Å². The van der Waals surface area contributed by atoms with Crippen LogP contribution in [0.3, 0.4) is 0 Å². The van der Waals surface area contributed by atoms with Crippen molar-refractivity contribution in [2.75, 3.05) is 25.2 Å². The summed E-state index contributed by atoms with van der Waals surface area (Å²) in [6.07, 6.45) is 0.479. The summed E-state index contributed by atoms with van der Waals surface area (Å²) < 4.78 is 4.50. The Kier molecular flexibility index (Phi) is 9.51. The van der Waals surface area contributed by atoms with Gasteiger partial charge in [-0.1, -0.05) is 42.5 Å². The second-order valence-electron chi connectivity index (χ2n) is 6.70. The third kappa shape index (κ3) is 6.81. The molecule has 0 unspecified atom stereocenters. The number of methoxy groups -OCH3 is 1. The molecule has 2 atom stereocenters. The fourth-order valence-electron chi connectivity index (χ4n) is 3.01. The number of esters is 1. The lowest BCUT2D eigenvalue weighted by molar-refractivity contribution is -0.146. The maximum absolute atomic E-state index is 12.1. The normalized spacial score (nSPS) is 12.6. The van der Waals surface area contributed by atoms with E-state index in [-0.39, 0.29) is 11.3 Å². The van der Waals surface area contributed by atoms with E-state index in [0.29, 0.717) is 12.2 Å². The summed E-state index contributed by atoms with van der Waals surface area (Å²) in [6.45, 7) is -0.591. The van der Waals surface area contributed by atoms with Crippen LogP contribution in [0.25, 0.3) is 11.1 Å². The molecule has 5 N–H and O–H groups in total. The van der Waals surface area contributed by atoms with Crippen LogP contribution in [0.1, 0.15) is 15.9 Å². The third-order valence-corrected chi connectivity index (χ3v) is 5.69. The number of carbonyl (C=O) groups is 3. The Morgan fingerprint density at radius 1 is 1.13 bits per heavy atom. The van der Waals surface area contributed by atoms with E-state index in [4.69, 9.17) is 5.73 Å². The highest BCUT2D eigenvalue weighted by Gasteiger charge is 2.23. The minimum atomic E-state index is -1.16. The number of nitrogens with two attached hydrogens (primary N) is 1. The van der Waals surface area contributed by atoms with E-state index in [9.17, 15) is 24.6 Å². The van der Waals surface area contributed by atoms with Gasteiger partial charge in [0.05, 0.1) is 25.3 Å². The van der Waals surface area contributed by atoms with E-state index < -0.39 is 36.5 Å². The predicted octanol–water partition coefficient (Wildman–Crippen LogP) is 1.30. The summed E-state index contributed by atoms with van der Waals surface area (Å²) in [5, 5.41) is 21.1. The van der Waals surface area contributed by atoms with Gasteiger partial charge in [-0.15, -0.1) is 0 Å². The van der Waals surface area contributed by atoms with Crippen molar-refractivity contribution in [3.05, 3.63) is 59.7 Å². The molecule has 2 aromatic rings. The van der Waals surface area contributed by atoms with E-state index in [1.54, 1.807) is 12.1 Å². The molecule has 9 heteroatoms. The first kappa shape index (κ1) is 24.4. The van der Waals surface area contributed by atoms with Crippen LogP contribution >= 0.6 is 11.8 Å². The van der Waals surface area contributed by atoms with Crippen molar-refractivity contribution in [3.8, 4) is 11.1 Å². The molecule has 0 saturated carbocycles. The first-order valence-corrected chi connectivity index (χ1v) is 10.8. The number of aromatic carboxylic acids is 1. The Bertz CT molecular complexity index is 906. The van der Waals surface area contributed by atoms with Gasteiger partial charge in [-0.05, 0) is 34.9 Å². The number of hydrogen-bond acceptors (Lipinski definition) is 7. The smallest absolute Gasteiger partial charge is 0.335 e. The molecule has 0 spiro atoms. The van der Waals surface area contributed by atoms with Crippen molar-refractivity contribution in [2.24, 2.45) is 5.73 Å². The second kappa shape index (κ2) is 12.1. The zero-order valence-corrected chi connectivity index (χ0v) is 17.9. The Morgan fingerprint density at radius 2 is 1.84 bits per heavy atom. The average Bonchev–Trinajstić information content (AvgIpc) is 2.79. The van der Waals surface area contributed by atoms with Gasteiger partial charge in [-0.2, -0.15) is 11.8 Å². The number of rotatable bonds is 11. The summed E-state index contributed by atoms with van der Waals surface area (Å²) in [6, 6.07) is 12.7. The number of aliphatic hydroxyl groups is 1. The Labute approximate surface area is 184 Å². The molecule has 0 aliphatic carbocycles. The maximum atomic E-state index is 12.1. The first-order valence-electron chi connectivity index (χ1n) is 9.62. The van der Waals surface area contributed by atoms with Gasteiger partial charge >= 0.3 is 11.9 Å². The number of carboxylic acid groups (broad SMARTS) is 1. The first-order chi connectivity index (χ1) is 14.9. The topological polar surface area (TPSA) is 139 Å². The number of hydrogen-bond donors (Lipinski definition) is 4. The number of thioether (sulfide) groups is 1. The van der Waals surface area contributed by atoms with E-state index in [2.05, 4.69) is 10.1 Å². The molecule has 0 aliphatic rings. The summed E-state index contributed by atoms with van der Waals surface area (Å²) in [4.78, 5) is 35.3. The molecule has 1 amide bonds. The van der Waals surface area contributed by atoms with E-state index in [0.717, 1.165) is 23.8 Å². The number of carbonyl (C=O) groups excluding carboxylic acids is 2. The van der Waals surface area contributed by atoms with Crippen LogP contribution in [-0.2, 0) is 20.7 Å². The van der Waals surface area contributed by atoms with Crippen molar-refractivity contribution >= 4 is 29.6 Å². The second-order valence-corrected chi connectivity index (χ2v) is 7.85. The molecule has 2 aromatic carbocycles. The van der Waals surface area contributed by atoms with Crippen LogP contribution in [0.15, 0.2) is 48.5 Å². The molecule has 0 saturated heterocycles. The highest BCUT2D eigenvalue weighted by Crippen LogP contribution is 2.28. The quantitative estimate of drug-likeness (QED) is 0.299. The number of ether oxygens (including phenoxy) is 1. The van der Waals surface area contributed by atoms with E-state index in [1.165, 1.54) is 11.8 Å². The largest absolute Gasteiger partial charge is 0.478 e. The van der Waals surface area contributed by atoms with Crippen molar-refractivity contribution in [3.63, 3.8) is 0 Å². The lowest BCUT2D eigenvalue weighted by Crippen LogP contribution is -2.51. The molecule has 0 aliphatic heterocycles. The molecular formula is C22H26N2O6S. The minimum Gasteiger partial charge on any atom is -0.478 e. The average molecular weight is 447 g/mol. The van der Waals surface area contributed by atoms with E-state index in [1.807, 2.05) is 36.4 Å². The van der Waals surface area contributed by atoms with Gasteiger partial charge < -0.3 is 26.0 Å². The zero-order chi connectivity index (χ0) is 22.8. The summed E-state index contributed by atoms with van der Waals surface area (Å²) >= 11 is 1.40. The number of carboxylic acids is 1. The highest BCUT2D eigenvalue weighted by molar-refractivity contribution is 7.99. The maximum Gasteiger partial charge on any atom is 0.335 e. The van der Waals surface area contributed by atoms with Gasteiger partial charge in [0.2, 0.25) is 5.91 Å². The summed E-state index contributed by atoms with van der Waals surface area (Å²) in [7, 11) is 1.16. The molecule has 0 radical (unpaired) electrons. The standard InChI is InChI=1S/C22H26N2O6S/c1-30-22(29)19(12-25)24-20(26)18(23)13-31-11-10-16-15(14-6-3-2-4-7-14)8-5-9-17(16)21(27)28/h2-9,18-19,25H,10-13,23H2,1H3,(H,24,26)(H,27,28)/t18-,19-/m0/s1. The van der Waals surface area contributed by atoms with E-state index >= 15 is 0 Å². The molecular weight excluding hydrogens is 420 g/mol. The van der Waals surface area contributed by atoms with Gasteiger partial charge in [0.25, 0.3) is 0 Å². The molecule has 0 aromatic heterocycles. The monoisotopic (exact) mass is 446 g/mol. The minimum absolute atomic E-state index is 0.243. The molecule has 2 rings (SSSR count). The number of aliphatic hydroxyl groups excluding tert-OH is 1. The van der Waals surface area contributed by atoms with Crippen molar-refractivity contribution < 1.29 is 29.3 Å². The van der Waals surface area contributed by atoms with Gasteiger partial charge in [0.1, 0.15) is 0 Å². The molecule has 0 fully saturated rings. The van der Waals surface area contributed by atoms with Gasteiger partial charge in [0.15, 0.2) is 6.04 Å². The van der Waals surface area contributed by atoms with Crippen molar-refractivity contribution in [2.45, 2.75) is 18.5 Å².